The molecule has 0 unspecified atom stereocenters. The molecule has 1 heterocycles. The number of benzene rings is 1. The van der Waals surface area contributed by atoms with Gasteiger partial charge in [-0.1, -0.05) is 23.2 Å². The third kappa shape index (κ3) is 5.26. The van der Waals surface area contributed by atoms with Crippen molar-refractivity contribution in [3.05, 3.63) is 32.3 Å². The Kier molecular flexibility index (Phi) is 6.48. The van der Waals surface area contributed by atoms with Gasteiger partial charge >= 0.3 is 6.09 Å². The van der Waals surface area contributed by atoms with Gasteiger partial charge in [-0.3, -0.25) is 4.99 Å². The van der Waals surface area contributed by atoms with Crippen molar-refractivity contribution in [3.8, 4) is 0 Å². The molecule has 1 aliphatic rings. The van der Waals surface area contributed by atoms with Gasteiger partial charge in [-0.25, -0.2) is 9.69 Å². The first-order chi connectivity index (χ1) is 11.9. The largest absolute Gasteiger partial charge is 0.449 e. The van der Waals surface area contributed by atoms with Crippen LogP contribution in [0, 0.1) is 10.1 Å². The van der Waals surface area contributed by atoms with Crippen LogP contribution in [0.3, 0.4) is 0 Å². The van der Waals surface area contributed by atoms with Gasteiger partial charge in [-0.05, 0) is 12.1 Å². The zero-order chi connectivity index (χ0) is 18.4. The molecule has 0 radical (unpaired) electrons. The Morgan fingerprint density at radius 3 is 2.72 bits per heavy atom. The highest BCUT2D eigenvalue weighted by Gasteiger charge is 2.26. The number of guanidine groups is 1. The highest BCUT2D eigenvalue weighted by molar-refractivity contribution is 6.40. The van der Waals surface area contributed by atoms with E-state index in [1.165, 1.54) is 17.0 Å². The summed E-state index contributed by atoms with van der Waals surface area (Å²) in [5.41, 5.74) is 6.42. The van der Waals surface area contributed by atoms with Crippen LogP contribution in [-0.4, -0.2) is 48.3 Å². The van der Waals surface area contributed by atoms with Crippen LogP contribution in [0.1, 0.15) is 6.42 Å². The fourth-order valence-corrected chi connectivity index (χ4v) is 2.59. The smallest absolute Gasteiger partial charge is 0.416 e. The van der Waals surface area contributed by atoms with Crippen LogP contribution in [-0.2, 0) is 9.57 Å². The van der Waals surface area contributed by atoms with Crippen molar-refractivity contribution in [2.75, 3.05) is 37.4 Å². The molecule has 12 heteroatoms. The standard InChI is InChI=1S/C13H15Cl2N5O5/c14-9-6-8(16)7-10(15)11(9)18-12-17-2-3-19(12)13(21)24-4-1-5-25-20(22)23/h6-7H,1-5,16H2,(H,17,18). The number of carbonyl (C=O) groups excluding carboxylic acids is 1. The maximum atomic E-state index is 12.1. The number of hydrogen-bond donors (Lipinski definition) is 2. The van der Waals surface area contributed by atoms with Crippen LogP contribution >= 0.6 is 23.2 Å². The van der Waals surface area contributed by atoms with Crippen LogP contribution < -0.4 is 11.1 Å². The van der Waals surface area contributed by atoms with Crippen LogP contribution in [0.5, 0.6) is 0 Å². The molecule has 1 aromatic rings. The number of nitrogens with two attached hydrogens (primary N) is 1. The number of carbonyl (C=O) groups is 1. The second kappa shape index (κ2) is 8.58. The van der Waals surface area contributed by atoms with E-state index in [9.17, 15) is 14.9 Å². The highest BCUT2D eigenvalue weighted by atomic mass is 35.5. The first-order valence-corrected chi connectivity index (χ1v) is 7.91. The molecule has 25 heavy (non-hydrogen) atoms. The molecule has 1 aliphatic heterocycles. The van der Waals surface area contributed by atoms with Crippen LogP contribution in [0.2, 0.25) is 10.0 Å². The van der Waals surface area contributed by atoms with Gasteiger partial charge in [0.15, 0.2) is 0 Å². The first kappa shape index (κ1) is 18.9. The number of nitrogen functional groups attached to an aromatic ring is 1. The molecule has 3 N–H and O–H groups in total. The maximum Gasteiger partial charge on any atom is 0.416 e. The molecule has 0 atom stereocenters. The Hall–Kier alpha value is -2.46. The molecule has 1 amide bonds. The molecule has 0 aromatic heterocycles. The van der Waals surface area contributed by atoms with E-state index >= 15 is 0 Å². The predicted molar refractivity (Wildman–Crippen MR) is 92.4 cm³/mol. The van der Waals surface area contributed by atoms with Crippen LogP contribution in [0.25, 0.3) is 0 Å². The number of hydrogen-bond acceptors (Lipinski definition) is 8. The third-order valence-corrected chi connectivity index (χ3v) is 3.67. The number of aliphatic imine (C=N–C) groups is 1. The minimum Gasteiger partial charge on any atom is -0.449 e. The van der Waals surface area contributed by atoms with E-state index in [1.807, 2.05) is 0 Å². The molecule has 0 bridgehead atoms. The van der Waals surface area contributed by atoms with E-state index in [0.717, 1.165) is 0 Å². The van der Waals surface area contributed by atoms with Gasteiger partial charge < -0.3 is 20.6 Å². The topological polar surface area (TPSA) is 132 Å². The summed E-state index contributed by atoms with van der Waals surface area (Å²) in [6, 6.07) is 3.03. The summed E-state index contributed by atoms with van der Waals surface area (Å²) in [4.78, 5) is 31.7. The highest BCUT2D eigenvalue weighted by Crippen LogP contribution is 2.33. The van der Waals surface area contributed by atoms with Gasteiger partial charge in [-0.15, -0.1) is 10.1 Å². The summed E-state index contributed by atoms with van der Waals surface area (Å²) in [6.07, 6.45) is -0.455. The lowest BCUT2D eigenvalue weighted by atomic mass is 10.3. The first-order valence-electron chi connectivity index (χ1n) is 7.16. The van der Waals surface area contributed by atoms with E-state index in [4.69, 9.17) is 33.7 Å². The Labute approximate surface area is 152 Å². The summed E-state index contributed by atoms with van der Waals surface area (Å²) < 4.78 is 5.03. The molecule has 0 fully saturated rings. The number of nitrogens with zero attached hydrogens (tertiary/aromatic N) is 3. The van der Waals surface area contributed by atoms with Gasteiger partial charge in [0.25, 0.3) is 5.09 Å². The molecule has 0 spiro atoms. The summed E-state index contributed by atoms with van der Waals surface area (Å²) in [5, 5.41) is 12.6. The number of halogens is 2. The van der Waals surface area contributed by atoms with Crippen LogP contribution in [0.15, 0.2) is 17.1 Å². The van der Waals surface area contributed by atoms with E-state index in [1.54, 1.807) is 0 Å². The Morgan fingerprint density at radius 1 is 1.40 bits per heavy atom. The van der Waals surface area contributed by atoms with Crippen molar-refractivity contribution in [2.45, 2.75) is 6.42 Å². The fourth-order valence-electron chi connectivity index (χ4n) is 1.99. The summed E-state index contributed by atoms with van der Waals surface area (Å²) >= 11 is 12.2. The lowest BCUT2D eigenvalue weighted by molar-refractivity contribution is -0.757. The number of anilines is 2. The number of ether oxygens (including phenoxy) is 1. The van der Waals surface area contributed by atoms with Crippen molar-refractivity contribution < 1.29 is 19.5 Å². The lowest BCUT2D eigenvalue weighted by Gasteiger charge is -2.20. The molecule has 0 saturated heterocycles. The Morgan fingerprint density at radius 2 is 2.08 bits per heavy atom. The third-order valence-electron chi connectivity index (χ3n) is 3.07. The van der Waals surface area contributed by atoms with Crippen molar-refractivity contribution in [1.29, 1.82) is 0 Å². The minimum absolute atomic E-state index is 0.0279. The summed E-state index contributed by atoms with van der Waals surface area (Å²) in [7, 11) is 0. The van der Waals surface area contributed by atoms with Crippen molar-refractivity contribution >= 4 is 46.6 Å². The average molecular weight is 392 g/mol. The van der Waals surface area contributed by atoms with Crippen LogP contribution in [0.4, 0.5) is 16.2 Å². The quantitative estimate of drug-likeness (QED) is 0.329. The fraction of sp³-hybridized carbons (Fsp3) is 0.385. The van der Waals surface area contributed by atoms with Gasteiger partial charge in [0.2, 0.25) is 5.96 Å². The SMILES string of the molecule is Nc1cc(Cl)c(NC2=NCCN2C(=O)OCCCO[N+](=O)[O-])c(Cl)c1. The number of amides is 1. The molecule has 2 rings (SSSR count). The molecular formula is C13H15Cl2N5O5. The summed E-state index contributed by atoms with van der Waals surface area (Å²) in [6.45, 7) is 0.513. The van der Waals surface area contributed by atoms with Gasteiger partial charge in [0, 0.05) is 12.1 Å². The Bertz CT molecular complexity index is 676. The van der Waals surface area contributed by atoms with Crippen molar-refractivity contribution in [3.63, 3.8) is 0 Å². The molecule has 1 aromatic carbocycles. The second-order valence-electron chi connectivity index (χ2n) is 4.87. The second-order valence-corrected chi connectivity index (χ2v) is 5.68. The van der Waals surface area contributed by atoms with Gasteiger partial charge in [0.05, 0.1) is 42.0 Å². The Balaban J connectivity index is 1.92. The zero-order valence-corrected chi connectivity index (χ0v) is 14.4. The maximum absolute atomic E-state index is 12.1. The van der Waals surface area contributed by atoms with E-state index in [2.05, 4.69) is 15.1 Å². The van der Waals surface area contributed by atoms with Crippen molar-refractivity contribution in [2.24, 2.45) is 4.99 Å². The molecule has 136 valence electrons. The molecule has 0 aliphatic carbocycles. The number of nitrogens with one attached hydrogen (secondary N) is 1. The molecule has 10 nitrogen and oxygen atoms in total. The number of rotatable bonds is 6. The monoisotopic (exact) mass is 391 g/mol. The van der Waals surface area contributed by atoms with Crippen molar-refractivity contribution in [1.82, 2.24) is 4.90 Å². The minimum atomic E-state index is -0.906. The normalized spacial score (nSPS) is 13.4. The zero-order valence-electron chi connectivity index (χ0n) is 12.9. The lowest BCUT2D eigenvalue weighted by Crippen LogP contribution is -2.39. The van der Waals surface area contributed by atoms with E-state index in [0.29, 0.717) is 24.5 Å². The van der Waals surface area contributed by atoms with Gasteiger partial charge in [-0.2, -0.15) is 0 Å². The molecule has 0 saturated carbocycles. The predicted octanol–water partition coefficient (Wildman–Crippen LogP) is 2.39. The summed E-state index contributed by atoms with van der Waals surface area (Å²) in [5.74, 6) is 0.236. The van der Waals surface area contributed by atoms with Gasteiger partial charge in [0.1, 0.15) is 0 Å². The van der Waals surface area contributed by atoms with E-state index in [-0.39, 0.29) is 35.6 Å². The average Bonchev–Trinajstić information content (AvgIpc) is 2.98. The van der Waals surface area contributed by atoms with E-state index < -0.39 is 11.2 Å². The molecular weight excluding hydrogens is 377 g/mol.